The van der Waals surface area contributed by atoms with Crippen LogP contribution in [0.25, 0.3) is 21.3 Å². The second-order valence-electron chi connectivity index (χ2n) is 11.5. The van der Waals surface area contributed by atoms with Crippen molar-refractivity contribution in [3.8, 4) is 22.9 Å². The van der Waals surface area contributed by atoms with Gasteiger partial charge in [0.1, 0.15) is 12.4 Å². The van der Waals surface area contributed by atoms with Crippen molar-refractivity contribution in [1.82, 2.24) is 20.1 Å². The van der Waals surface area contributed by atoms with Crippen LogP contribution >= 0.6 is 11.3 Å². The summed E-state index contributed by atoms with van der Waals surface area (Å²) in [6.07, 6.45) is 4.39. The van der Waals surface area contributed by atoms with E-state index < -0.39 is 0 Å². The first-order valence-corrected chi connectivity index (χ1v) is 14.3. The number of nitrogens with zero attached hydrogens (tertiary/aromatic N) is 5. The molecule has 3 aromatic heterocycles. The van der Waals surface area contributed by atoms with E-state index in [1.54, 1.807) is 29.8 Å². The molecule has 6 rings (SSSR count). The summed E-state index contributed by atoms with van der Waals surface area (Å²) in [4.78, 5) is 20.8. The summed E-state index contributed by atoms with van der Waals surface area (Å²) in [5.74, 6) is 0.698. The number of benzene rings is 1. The van der Waals surface area contributed by atoms with Gasteiger partial charge in [0.05, 0.1) is 53.4 Å². The van der Waals surface area contributed by atoms with Crippen molar-refractivity contribution >= 4 is 27.2 Å². The molecule has 0 radical (unpaired) electrons. The van der Waals surface area contributed by atoms with E-state index in [4.69, 9.17) is 4.74 Å². The van der Waals surface area contributed by atoms with Gasteiger partial charge in [-0.1, -0.05) is 20.8 Å². The largest absolute Gasteiger partial charge is 0.489 e. The van der Waals surface area contributed by atoms with Gasteiger partial charge in [0.15, 0.2) is 0 Å². The van der Waals surface area contributed by atoms with Crippen molar-refractivity contribution < 1.29 is 9.84 Å². The third-order valence-electron chi connectivity index (χ3n) is 7.74. The molecule has 0 spiro atoms. The number of anilines is 1. The molecule has 206 valence electrons. The second kappa shape index (κ2) is 10.3. The summed E-state index contributed by atoms with van der Waals surface area (Å²) in [5.41, 5.74) is 4.85. The molecule has 10 heteroatoms. The zero-order valence-corrected chi connectivity index (χ0v) is 23.7. The quantitative estimate of drug-likeness (QED) is 0.383. The molecular weight excluding hydrogens is 524 g/mol. The molecule has 1 aromatic carbocycles. The Labute approximate surface area is 236 Å². The molecular formula is C30H32N6O3S. The van der Waals surface area contributed by atoms with E-state index in [-0.39, 0.29) is 29.7 Å². The van der Waals surface area contributed by atoms with Crippen molar-refractivity contribution in [2.45, 2.75) is 51.2 Å². The first kappa shape index (κ1) is 26.4. The number of thiophene rings is 1. The summed E-state index contributed by atoms with van der Waals surface area (Å²) in [5, 5.41) is 27.4. The van der Waals surface area contributed by atoms with E-state index in [0.717, 1.165) is 57.0 Å². The summed E-state index contributed by atoms with van der Waals surface area (Å²) >= 11 is 1.58. The van der Waals surface area contributed by atoms with Crippen molar-refractivity contribution in [2.75, 3.05) is 31.2 Å². The Morgan fingerprint density at radius 2 is 2.10 bits per heavy atom. The highest BCUT2D eigenvalue weighted by Crippen LogP contribution is 2.46. The molecule has 2 aliphatic heterocycles. The molecule has 0 bridgehead atoms. The van der Waals surface area contributed by atoms with Gasteiger partial charge in [-0.25, -0.2) is 4.68 Å². The van der Waals surface area contributed by atoms with Crippen LogP contribution in [0.5, 0.6) is 5.75 Å². The fourth-order valence-electron chi connectivity index (χ4n) is 5.58. The molecule has 0 unspecified atom stereocenters. The molecule has 0 amide bonds. The van der Waals surface area contributed by atoms with Crippen molar-refractivity contribution in [3.05, 3.63) is 69.1 Å². The lowest BCUT2D eigenvalue weighted by Crippen LogP contribution is -2.42. The molecule has 0 aliphatic carbocycles. The highest BCUT2D eigenvalue weighted by molar-refractivity contribution is 7.19. The Morgan fingerprint density at radius 3 is 2.83 bits per heavy atom. The number of nitrogens with one attached hydrogen (secondary N) is 1. The molecule has 2 aliphatic rings. The highest BCUT2D eigenvalue weighted by Gasteiger charge is 2.34. The SMILES string of the molecule is CC(C)(C)c1cnn(Cc2cc3nccc(-c4cc(C#N)cc5c4N([C@@H]4CN[C@@H](CO)C4)CCO5)c3s2)c(=O)c1. The Morgan fingerprint density at radius 1 is 1.25 bits per heavy atom. The summed E-state index contributed by atoms with van der Waals surface area (Å²) in [6, 6.07) is 12.0. The van der Waals surface area contributed by atoms with Gasteiger partial charge < -0.3 is 20.1 Å². The maximum absolute atomic E-state index is 12.9. The minimum absolute atomic E-state index is 0.0695. The molecule has 4 aromatic rings. The fourth-order valence-corrected chi connectivity index (χ4v) is 6.70. The Balaban J connectivity index is 1.42. The van der Waals surface area contributed by atoms with Crippen LogP contribution < -0.4 is 20.5 Å². The zero-order chi connectivity index (χ0) is 28.0. The molecule has 9 nitrogen and oxygen atoms in total. The van der Waals surface area contributed by atoms with Gasteiger partial charge >= 0.3 is 0 Å². The van der Waals surface area contributed by atoms with Gasteiger partial charge in [0, 0.05) is 53.0 Å². The zero-order valence-electron chi connectivity index (χ0n) is 22.8. The Kier molecular flexibility index (Phi) is 6.82. The maximum Gasteiger partial charge on any atom is 0.267 e. The van der Waals surface area contributed by atoms with Crippen LogP contribution in [0, 0.1) is 11.3 Å². The van der Waals surface area contributed by atoms with Crippen molar-refractivity contribution in [2.24, 2.45) is 0 Å². The van der Waals surface area contributed by atoms with E-state index in [2.05, 4.69) is 47.1 Å². The summed E-state index contributed by atoms with van der Waals surface area (Å²) in [6.45, 7) is 8.67. The topological polar surface area (TPSA) is 116 Å². The van der Waals surface area contributed by atoms with E-state index in [1.807, 2.05) is 24.3 Å². The number of fused-ring (bicyclic) bond motifs is 2. The van der Waals surface area contributed by atoms with Gasteiger partial charge in [-0.05, 0) is 35.6 Å². The van der Waals surface area contributed by atoms with Crippen molar-refractivity contribution in [1.29, 1.82) is 5.26 Å². The van der Waals surface area contributed by atoms with Gasteiger partial charge in [0.2, 0.25) is 0 Å². The predicted molar refractivity (Wildman–Crippen MR) is 156 cm³/mol. The molecule has 2 N–H and O–H groups in total. The van der Waals surface area contributed by atoms with Crippen LogP contribution in [0.2, 0.25) is 0 Å². The maximum atomic E-state index is 12.9. The van der Waals surface area contributed by atoms with E-state index in [1.165, 1.54) is 4.68 Å². The van der Waals surface area contributed by atoms with Gasteiger partial charge in [-0.15, -0.1) is 11.3 Å². The average Bonchev–Trinajstić information content (AvgIpc) is 3.59. The number of aromatic nitrogens is 3. The minimum Gasteiger partial charge on any atom is -0.489 e. The lowest BCUT2D eigenvalue weighted by atomic mass is 9.89. The van der Waals surface area contributed by atoms with E-state index in [0.29, 0.717) is 24.5 Å². The number of pyridine rings is 1. The minimum atomic E-state index is -0.149. The molecule has 1 fully saturated rings. The number of rotatable bonds is 5. The molecule has 5 heterocycles. The first-order valence-electron chi connectivity index (χ1n) is 13.5. The average molecular weight is 557 g/mol. The number of aliphatic hydroxyl groups excluding tert-OH is 1. The monoisotopic (exact) mass is 556 g/mol. The Bertz CT molecular complexity index is 1680. The van der Waals surface area contributed by atoms with Crippen LogP contribution in [-0.4, -0.2) is 58.3 Å². The number of ether oxygens (including phenoxy) is 1. The smallest absolute Gasteiger partial charge is 0.267 e. The van der Waals surface area contributed by atoms with Gasteiger partial charge in [-0.2, -0.15) is 10.4 Å². The standard InChI is InChI=1S/C30H32N6O3S/c1-30(2,3)19-10-27(38)36(34-14-19)16-22-12-25-29(40-22)23(4-5-32-25)24-8-18(13-31)9-26-28(24)35(6-7-39-26)21-11-20(17-37)33-15-21/h4-5,8-10,12,14,20-21,33,37H,6-7,11,15-17H2,1-3H3/t20-,21+/m1/s1. The number of nitriles is 1. The third kappa shape index (κ3) is 4.85. The van der Waals surface area contributed by atoms with Crippen LogP contribution in [0.3, 0.4) is 0 Å². The molecule has 0 saturated carbocycles. The van der Waals surface area contributed by atoms with Crippen LogP contribution in [0.1, 0.15) is 43.2 Å². The number of aliphatic hydroxyl groups is 1. The van der Waals surface area contributed by atoms with Crippen LogP contribution in [0.15, 0.2) is 47.5 Å². The molecule has 2 atom stereocenters. The first-order chi connectivity index (χ1) is 19.2. The van der Waals surface area contributed by atoms with Gasteiger partial charge in [-0.3, -0.25) is 9.78 Å². The lowest BCUT2D eigenvalue weighted by Gasteiger charge is -2.37. The lowest BCUT2D eigenvalue weighted by molar-refractivity contribution is 0.253. The third-order valence-corrected chi connectivity index (χ3v) is 8.88. The van der Waals surface area contributed by atoms with E-state index >= 15 is 0 Å². The second-order valence-corrected chi connectivity index (χ2v) is 12.6. The number of hydrogen-bond donors (Lipinski definition) is 2. The van der Waals surface area contributed by atoms with Crippen molar-refractivity contribution in [3.63, 3.8) is 0 Å². The van der Waals surface area contributed by atoms with Crippen LogP contribution in [-0.2, 0) is 12.0 Å². The predicted octanol–water partition coefficient (Wildman–Crippen LogP) is 3.66. The normalized spacial score (nSPS) is 18.9. The van der Waals surface area contributed by atoms with Crippen LogP contribution in [0.4, 0.5) is 5.69 Å². The van der Waals surface area contributed by atoms with Gasteiger partial charge in [0.25, 0.3) is 5.56 Å². The summed E-state index contributed by atoms with van der Waals surface area (Å²) in [7, 11) is 0. The fraction of sp³-hybridized carbons (Fsp3) is 0.400. The Hall–Kier alpha value is -3.78. The molecule has 1 saturated heterocycles. The van der Waals surface area contributed by atoms with E-state index in [9.17, 15) is 15.2 Å². The summed E-state index contributed by atoms with van der Waals surface area (Å²) < 4.78 is 8.56. The molecule has 40 heavy (non-hydrogen) atoms. The highest BCUT2D eigenvalue weighted by atomic mass is 32.1. The number of hydrogen-bond acceptors (Lipinski definition) is 9.